The number of aromatic nitrogens is 2. The smallest absolute Gasteiger partial charge is 0.348 e. The van der Waals surface area contributed by atoms with E-state index in [4.69, 9.17) is 15.9 Å². The summed E-state index contributed by atoms with van der Waals surface area (Å²) in [7, 11) is 1.62. The first kappa shape index (κ1) is 22.2. The van der Waals surface area contributed by atoms with E-state index >= 15 is 0 Å². The molecule has 4 rings (SSSR count). The highest BCUT2D eigenvalue weighted by molar-refractivity contribution is 5.93. The van der Waals surface area contributed by atoms with Crippen LogP contribution in [0.1, 0.15) is 30.9 Å². The molecule has 0 spiro atoms. The molecule has 0 atom stereocenters. The van der Waals surface area contributed by atoms with Crippen molar-refractivity contribution in [3.05, 3.63) is 88.3 Å². The summed E-state index contributed by atoms with van der Waals surface area (Å²) < 4.78 is 12.7. The minimum atomic E-state index is -0.314. The van der Waals surface area contributed by atoms with Crippen LogP contribution in [0.3, 0.4) is 0 Å². The van der Waals surface area contributed by atoms with Crippen LogP contribution in [0.25, 0.3) is 22.2 Å². The van der Waals surface area contributed by atoms with Gasteiger partial charge >= 0.3 is 5.69 Å². The van der Waals surface area contributed by atoms with Crippen LogP contribution < -0.4 is 15.2 Å². The molecule has 3 aromatic carbocycles. The highest BCUT2D eigenvalue weighted by Gasteiger charge is 2.14. The number of hydrogen-bond acceptors (Lipinski definition) is 4. The quantitative estimate of drug-likeness (QED) is 0.370. The summed E-state index contributed by atoms with van der Waals surface area (Å²) in [5.41, 5.74) is 4.13. The SMILES string of the molecule is C#CCOc1ccc2c(c1)c(-c1ccc(C(C)C)cc1)nc(=O)n2Cc1cccc(OC)c1. The Balaban J connectivity index is 1.88. The van der Waals surface area contributed by atoms with E-state index in [0.717, 1.165) is 27.8 Å². The number of ether oxygens (including phenoxy) is 2. The van der Waals surface area contributed by atoms with Gasteiger partial charge < -0.3 is 9.47 Å². The molecule has 33 heavy (non-hydrogen) atoms. The Morgan fingerprint density at radius 1 is 1.03 bits per heavy atom. The molecular weight excluding hydrogens is 412 g/mol. The first-order valence-corrected chi connectivity index (χ1v) is 10.8. The largest absolute Gasteiger partial charge is 0.497 e. The molecule has 0 radical (unpaired) electrons. The number of fused-ring (bicyclic) bond motifs is 1. The second-order valence-electron chi connectivity index (χ2n) is 8.13. The van der Waals surface area contributed by atoms with Crippen LogP contribution in [0.5, 0.6) is 11.5 Å². The molecule has 5 nitrogen and oxygen atoms in total. The zero-order valence-electron chi connectivity index (χ0n) is 19.0. The van der Waals surface area contributed by atoms with Gasteiger partial charge in [0.25, 0.3) is 0 Å². The molecule has 0 bridgehead atoms. The van der Waals surface area contributed by atoms with Gasteiger partial charge in [-0.3, -0.25) is 4.57 Å². The maximum atomic E-state index is 13.2. The maximum Gasteiger partial charge on any atom is 0.348 e. The van der Waals surface area contributed by atoms with Crippen molar-refractivity contribution in [3.8, 4) is 35.1 Å². The van der Waals surface area contributed by atoms with Gasteiger partial charge in [-0.15, -0.1) is 6.42 Å². The van der Waals surface area contributed by atoms with E-state index in [0.29, 0.717) is 23.9 Å². The highest BCUT2D eigenvalue weighted by atomic mass is 16.5. The lowest BCUT2D eigenvalue weighted by atomic mass is 9.99. The monoisotopic (exact) mass is 438 g/mol. The fourth-order valence-corrected chi connectivity index (χ4v) is 3.83. The van der Waals surface area contributed by atoms with Gasteiger partial charge in [-0.2, -0.15) is 4.98 Å². The van der Waals surface area contributed by atoms with Crippen molar-refractivity contribution in [2.24, 2.45) is 0 Å². The third kappa shape index (κ3) is 4.75. The molecule has 0 amide bonds. The predicted octanol–water partition coefficient (Wildman–Crippen LogP) is 5.26. The number of hydrogen-bond donors (Lipinski definition) is 0. The Labute approximate surface area is 193 Å². The number of nitrogens with zero attached hydrogens (tertiary/aromatic N) is 2. The molecule has 5 heteroatoms. The van der Waals surface area contributed by atoms with E-state index in [1.165, 1.54) is 5.56 Å². The van der Waals surface area contributed by atoms with E-state index in [2.05, 4.69) is 36.9 Å². The average molecular weight is 439 g/mol. The second kappa shape index (κ2) is 9.62. The third-order valence-electron chi connectivity index (χ3n) is 5.60. The van der Waals surface area contributed by atoms with Crippen LogP contribution in [0.4, 0.5) is 0 Å². The van der Waals surface area contributed by atoms with Crippen LogP contribution >= 0.6 is 0 Å². The Morgan fingerprint density at radius 3 is 2.52 bits per heavy atom. The zero-order chi connectivity index (χ0) is 23.4. The summed E-state index contributed by atoms with van der Waals surface area (Å²) in [5, 5.41) is 0.823. The molecule has 1 aromatic heterocycles. The normalized spacial score (nSPS) is 10.9. The van der Waals surface area contributed by atoms with Gasteiger partial charge in [0, 0.05) is 10.9 Å². The summed E-state index contributed by atoms with van der Waals surface area (Å²) in [5.74, 6) is 4.28. The van der Waals surface area contributed by atoms with Gasteiger partial charge in [-0.25, -0.2) is 4.79 Å². The highest BCUT2D eigenvalue weighted by Crippen LogP contribution is 2.30. The number of terminal acetylenes is 1. The summed E-state index contributed by atoms with van der Waals surface area (Å²) in [4.78, 5) is 17.7. The molecule has 0 unspecified atom stereocenters. The number of benzene rings is 3. The summed E-state index contributed by atoms with van der Waals surface area (Å²) in [6.45, 7) is 4.84. The fourth-order valence-electron chi connectivity index (χ4n) is 3.83. The lowest BCUT2D eigenvalue weighted by molar-refractivity contribution is 0.371. The first-order valence-electron chi connectivity index (χ1n) is 10.8. The Bertz CT molecular complexity index is 1380. The van der Waals surface area contributed by atoms with E-state index in [1.54, 1.807) is 11.7 Å². The Kier molecular flexibility index (Phi) is 6.46. The van der Waals surface area contributed by atoms with Crippen LogP contribution in [0.15, 0.2) is 71.5 Å². The predicted molar refractivity (Wildman–Crippen MR) is 132 cm³/mol. The van der Waals surface area contributed by atoms with Crippen molar-refractivity contribution < 1.29 is 9.47 Å². The molecule has 0 saturated carbocycles. The molecule has 166 valence electrons. The minimum absolute atomic E-state index is 0.167. The first-order chi connectivity index (χ1) is 16.0. The zero-order valence-corrected chi connectivity index (χ0v) is 19.0. The third-order valence-corrected chi connectivity index (χ3v) is 5.60. The van der Waals surface area contributed by atoms with Crippen LogP contribution in [0.2, 0.25) is 0 Å². The van der Waals surface area contributed by atoms with Gasteiger partial charge in [0.15, 0.2) is 0 Å². The van der Waals surface area contributed by atoms with Crippen LogP contribution in [-0.2, 0) is 6.54 Å². The molecule has 0 aliphatic rings. The van der Waals surface area contributed by atoms with Gasteiger partial charge in [0.05, 0.1) is 24.9 Å². The van der Waals surface area contributed by atoms with Crippen molar-refractivity contribution in [3.63, 3.8) is 0 Å². The fraction of sp³-hybridized carbons (Fsp3) is 0.214. The molecule has 0 N–H and O–H groups in total. The molecule has 1 heterocycles. The number of methoxy groups -OCH3 is 1. The van der Waals surface area contributed by atoms with Crippen molar-refractivity contribution in [2.75, 3.05) is 13.7 Å². The van der Waals surface area contributed by atoms with E-state index in [1.807, 2.05) is 54.6 Å². The minimum Gasteiger partial charge on any atom is -0.497 e. The molecule has 0 aliphatic carbocycles. The average Bonchev–Trinajstić information content (AvgIpc) is 2.84. The second-order valence-corrected chi connectivity index (χ2v) is 8.13. The van der Waals surface area contributed by atoms with E-state index in [-0.39, 0.29) is 12.3 Å². The molecule has 0 saturated heterocycles. The van der Waals surface area contributed by atoms with Gasteiger partial charge in [0.2, 0.25) is 0 Å². The molecule has 0 aliphatic heterocycles. The van der Waals surface area contributed by atoms with E-state index in [9.17, 15) is 4.79 Å². The van der Waals surface area contributed by atoms with Crippen LogP contribution in [-0.4, -0.2) is 23.3 Å². The summed E-state index contributed by atoms with van der Waals surface area (Å²) in [6, 6.07) is 21.5. The molecular formula is C28H26N2O3. The number of rotatable bonds is 7. The summed E-state index contributed by atoms with van der Waals surface area (Å²) >= 11 is 0. The summed E-state index contributed by atoms with van der Waals surface area (Å²) in [6.07, 6.45) is 5.36. The van der Waals surface area contributed by atoms with Crippen LogP contribution in [0, 0.1) is 12.3 Å². The standard InChI is InChI=1S/C28H26N2O3/c1-5-15-33-24-13-14-26-25(17-24)27(22-11-9-21(10-12-22)19(2)3)29-28(31)30(26)18-20-7-6-8-23(16-20)32-4/h1,6-14,16-17,19H,15,18H2,2-4H3. The lowest BCUT2D eigenvalue weighted by Crippen LogP contribution is -2.24. The maximum absolute atomic E-state index is 13.2. The van der Waals surface area contributed by atoms with Gasteiger partial charge in [0.1, 0.15) is 18.1 Å². The van der Waals surface area contributed by atoms with E-state index < -0.39 is 0 Å². The van der Waals surface area contributed by atoms with Crippen molar-refractivity contribution in [1.29, 1.82) is 0 Å². The van der Waals surface area contributed by atoms with Gasteiger partial charge in [-0.05, 0) is 47.4 Å². The van der Waals surface area contributed by atoms with Crippen molar-refractivity contribution in [2.45, 2.75) is 26.3 Å². The Hall–Kier alpha value is -4.04. The lowest BCUT2D eigenvalue weighted by Gasteiger charge is -2.15. The molecule has 0 fully saturated rings. The van der Waals surface area contributed by atoms with Crippen molar-refractivity contribution in [1.82, 2.24) is 9.55 Å². The topological polar surface area (TPSA) is 53.3 Å². The van der Waals surface area contributed by atoms with Gasteiger partial charge in [-0.1, -0.05) is 56.2 Å². The van der Waals surface area contributed by atoms with Crippen molar-refractivity contribution >= 4 is 10.9 Å². The molecule has 4 aromatic rings. The Morgan fingerprint density at radius 2 is 1.82 bits per heavy atom.